The molecule has 6 nitrogen and oxygen atoms in total. The number of carbonyl (C=O) groups is 2. The first-order chi connectivity index (χ1) is 11.8. The maximum Gasteiger partial charge on any atom is 0.279 e. The quantitative estimate of drug-likeness (QED) is 0.693. The van der Waals surface area contributed by atoms with Crippen LogP contribution < -0.4 is 15.5 Å². The lowest BCUT2D eigenvalue weighted by atomic mass is 10.00. The SMILES string of the molecule is C[NH+](CC(=O)Nc1c(Cl)cccc1Cl)CC(=O)NC1(C#N)CCCC1. The zero-order valence-electron chi connectivity index (χ0n) is 14.0. The molecule has 0 bridgehead atoms. The van der Waals surface area contributed by atoms with Gasteiger partial charge >= 0.3 is 0 Å². The van der Waals surface area contributed by atoms with E-state index in [-0.39, 0.29) is 24.9 Å². The van der Waals surface area contributed by atoms with Gasteiger partial charge in [0.2, 0.25) is 0 Å². The fourth-order valence-electron chi connectivity index (χ4n) is 2.97. The summed E-state index contributed by atoms with van der Waals surface area (Å²) in [5, 5.41) is 15.5. The van der Waals surface area contributed by atoms with Crippen molar-refractivity contribution in [3.8, 4) is 6.07 Å². The summed E-state index contributed by atoms with van der Waals surface area (Å²) >= 11 is 12.0. The van der Waals surface area contributed by atoms with Crippen molar-refractivity contribution in [2.45, 2.75) is 31.2 Å². The number of nitrogens with one attached hydrogen (secondary N) is 3. The van der Waals surface area contributed by atoms with E-state index in [4.69, 9.17) is 23.2 Å². The van der Waals surface area contributed by atoms with Crippen molar-refractivity contribution in [3.05, 3.63) is 28.2 Å². The summed E-state index contributed by atoms with van der Waals surface area (Å²) in [6.07, 6.45) is 3.24. The Kier molecular flexibility index (Phi) is 6.65. The fourth-order valence-corrected chi connectivity index (χ4v) is 3.46. The minimum atomic E-state index is -0.745. The Morgan fingerprint density at radius 3 is 2.32 bits per heavy atom. The van der Waals surface area contributed by atoms with Crippen LogP contribution in [0.3, 0.4) is 0 Å². The van der Waals surface area contributed by atoms with Gasteiger partial charge in [-0.3, -0.25) is 9.59 Å². The normalized spacial score (nSPS) is 16.7. The highest BCUT2D eigenvalue weighted by Crippen LogP contribution is 2.29. The molecule has 0 saturated heterocycles. The summed E-state index contributed by atoms with van der Waals surface area (Å²) in [6.45, 7) is 0.182. The number of nitriles is 1. The van der Waals surface area contributed by atoms with Gasteiger partial charge < -0.3 is 15.5 Å². The van der Waals surface area contributed by atoms with Crippen LogP contribution in [0.5, 0.6) is 0 Å². The Hall–Kier alpha value is -1.81. The van der Waals surface area contributed by atoms with E-state index in [1.165, 1.54) is 0 Å². The third-order valence-corrected chi connectivity index (χ3v) is 4.83. The number of hydrogen-bond acceptors (Lipinski definition) is 3. The molecule has 3 N–H and O–H groups in total. The molecule has 2 amide bonds. The van der Waals surface area contributed by atoms with E-state index in [2.05, 4.69) is 16.7 Å². The first kappa shape index (κ1) is 19.5. The van der Waals surface area contributed by atoms with Gasteiger partial charge in [0.05, 0.1) is 28.8 Å². The monoisotopic (exact) mass is 383 g/mol. The first-order valence-electron chi connectivity index (χ1n) is 8.13. The van der Waals surface area contributed by atoms with Crippen LogP contribution in [0.2, 0.25) is 10.0 Å². The number of likely N-dealkylation sites (N-methyl/N-ethyl adjacent to an activating group) is 1. The molecular formula is C17H21Cl2N4O2+. The molecule has 1 fully saturated rings. The highest BCUT2D eigenvalue weighted by Gasteiger charge is 2.36. The summed E-state index contributed by atoms with van der Waals surface area (Å²) in [5.74, 6) is -0.527. The van der Waals surface area contributed by atoms with Gasteiger partial charge in [0.15, 0.2) is 13.1 Å². The van der Waals surface area contributed by atoms with E-state index in [9.17, 15) is 14.9 Å². The standard InChI is InChI=1S/C17H20Cl2N4O2/c1-23(10-15(25)22-17(11-20)7-2-3-8-17)9-14(24)21-16-12(18)5-4-6-13(16)19/h4-6H,2-3,7-10H2,1H3,(H,21,24)(H,22,25)/p+1. The van der Waals surface area contributed by atoms with Crippen LogP contribution in [0.25, 0.3) is 0 Å². The van der Waals surface area contributed by atoms with Crippen molar-refractivity contribution in [1.82, 2.24) is 5.32 Å². The van der Waals surface area contributed by atoms with Gasteiger partial charge in [0.1, 0.15) is 5.54 Å². The third kappa shape index (κ3) is 5.33. The van der Waals surface area contributed by atoms with Crippen LogP contribution in [0.4, 0.5) is 5.69 Å². The van der Waals surface area contributed by atoms with E-state index in [0.29, 0.717) is 33.5 Å². The average molecular weight is 384 g/mol. The number of rotatable bonds is 6. The topological polar surface area (TPSA) is 86.4 Å². The van der Waals surface area contributed by atoms with E-state index >= 15 is 0 Å². The van der Waals surface area contributed by atoms with Gasteiger partial charge in [-0.1, -0.05) is 29.3 Å². The third-order valence-electron chi connectivity index (χ3n) is 4.20. The van der Waals surface area contributed by atoms with Crippen LogP contribution >= 0.6 is 23.2 Å². The van der Waals surface area contributed by atoms with E-state index in [1.807, 2.05) is 0 Å². The van der Waals surface area contributed by atoms with E-state index in [0.717, 1.165) is 12.8 Å². The van der Waals surface area contributed by atoms with Crippen molar-refractivity contribution in [2.24, 2.45) is 0 Å². The van der Waals surface area contributed by atoms with Crippen LogP contribution in [-0.2, 0) is 9.59 Å². The number of halogens is 2. The number of nitrogens with zero attached hydrogens (tertiary/aromatic N) is 1. The van der Waals surface area contributed by atoms with Gasteiger partial charge in [0.25, 0.3) is 11.8 Å². The number of anilines is 1. The molecule has 0 aliphatic heterocycles. The minimum Gasteiger partial charge on any atom is -0.333 e. The lowest BCUT2D eigenvalue weighted by Crippen LogP contribution is -3.11. The lowest BCUT2D eigenvalue weighted by Gasteiger charge is -2.23. The van der Waals surface area contributed by atoms with Crippen molar-refractivity contribution >= 4 is 40.7 Å². The molecule has 1 aromatic carbocycles. The summed E-state index contributed by atoms with van der Waals surface area (Å²) in [6, 6.07) is 7.18. The first-order valence-corrected chi connectivity index (χ1v) is 8.88. The Morgan fingerprint density at radius 1 is 1.20 bits per heavy atom. The molecule has 1 unspecified atom stereocenters. The summed E-state index contributed by atoms with van der Waals surface area (Å²) in [5.41, 5.74) is -0.382. The Bertz CT molecular complexity index is 676. The van der Waals surface area contributed by atoms with Gasteiger partial charge in [-0.2, -0.15) is 5.26 Å². The Morgan fingerprint density at radius 2 is 1.76 bits per heavy atom. The number of hydrogen-bond donors (Lipinski definition) is 3. The van der Waals surface area contributed by atoms with E-state index < -0.39 is 5.54 Å². The molecule has 1 aliphatic carbocycles. The predicted molar refractivity (Wildman–Crippen MR) is 96.7 cm³/mol. The van der Waals surface area contributed by atoms with Gasteiger partial charge in [-0.15, -0.1) is 0 Å². The van der Waals surface area contributed by atoms with E-state index in [1.54, 1.807) is 25.2 Å². The molecule has 1 aliphatic rings. The van der Waals surface area contributed by atoms with Crippen LogP contribution in [0.15, 0.2) is 18.2 Å². The molecule has 1 atom stereocenters. The highest BCUT2D eigenvalue weighted by molar-refractivity contribution is 6.39. The number of benzene rings is 1. The van der Waals surface area contributed by atoms with Gasteiger partial charge in [0, 0.05) is 0 Å². The largest absolute Gasteiger partial charge is 0.333 e. The molecule has 1 saturated carbocycles. The molecule has 134 valence electrons. The number of quaternary nitrogens is 1. The van der Waals surface area contributed by atoms with Crippen LogP contribution in [-0.4, -0.2) is 37.5 Å². The number of amides is 2. The van der Waals surface area contributed by atoms with Gasteiger partial charge in [-0.25, -0.2) is 0 Å². The summed E-state index contributed by atoms with van der Waals surface area (Å²) in [4.78, 5) is 25.0. The van der Waals surface area contributed by atoms with Crippen molar-refractivity contribution < 1.29 is 14.5 Å². The summed E-state index contributed by atoms with van der Waals surface area (Å²) in [7, 11) is 1.74. The van der Waals surface area contributed by atoms with Crippen molar-refractivity contribution in [2.75, 3.05) is 25.5 Å². The zero-order chi connectivity index (χ0) is 18.4. The number of para-hydroxylation sites is 1. The second-order valence-electron chi connectivity index (χ2n) is 6.40. The average Bonchev–Trinajstić information content (AvgIpc) is 2.99. The molecule has 0 radical (unpaired) electrons. The minimum absolute atomic E-state index is 0.0779. The maximum atomic E-state index is 12.2. The molecule has 8 heteroatoms. The number of carbonyl (C=O) groups excluding carboxylic acids is 2. The molecule has 25 heavy (non-hydrogen) atoms. The smallest absolute Gasteiger partial charge is 0.279 e. The maximum absolute atomic E-state index is 12.2. The molecule has 0 spiro atoms. The molecule has 0 heterocycles. The Balaban J connectivity index is 1.85. The summed E-state index contributed by atoms with van der Waals surface area (Å²) < 4.78 is 0. The second-order valence-corrected chi connectivity index (χ2v) is 7.22. The Labute approximate surface area is 157 Å². The molecule has 0 aromatic heterocycles. The fraction of sp³-hybridized carbons (Fsp3) is 0.471. The molecule has 2 rings (SSSR count). The predicted octanol–water partition coefficient (Wildman–Crippen LogP) is 1.40. The highest BCUT2D eigenvalue weighted by atomic mass is 35.5. The van der Waals surface area contributed by atoms with Crippen LogP contribution in [0.1, 0.15) is 25.7 Å². The van der Waals surface area contributed by atoms with Crippen LogP contribution in [0, 0.1) is 11.3 Å². The molecular weight excluding hydrogens is 363 g/mol. The van der Waals surface area contributed by atoms with Crippen molar-refractivity contribution in [1.29, 1.82) is 5.26 Å². The second kappa shape index (κ2) is 8.52. The lowest BCUT2D eigenvalue weighted by molar-refractivity contribution is -0.862. The van der Waals surface area contributed by atoms with Gasteiger partial charge in [-0.05, 0) is 37.8 Å². The van der Waals surface area contributed by atoms with Crippen molar-refractivity contribution in [3.63, 3.8) is 0 Å². The molecule has 1 aromatic rings. The zero-order valence-corrected chi connectivity index (χ0v) is 15.5.